The minimum atomic E-state index is 0.507. The van der Waals surface area contributed by atoms with Gasteiger partial charge >= 0.3 is 0 Å². The summed E-state index contributed by atoms with van der Waals surface area (Å²) < 4.78 is 13.2. The Bertz CT molecular complexity index is 1680. The molecule has 0 N–H and O–H groups in total. The number of hydrogen-bond acceptors (Lipinski definition) is 10. The summed E-state index contributed by atoms with van der Waals surface area (Å²) in [4.78, 5) is 19.2. The second-order valence-electron chi connectivity index (χ2n) is 12.6. The summed E-state index contributed by atoms with van der Waals surface area (Å²) in [7, 11) is 3.87. The Morgan fingerprint density at radius 2 is 1.77 bits per heavy atom. The van der Waals surface area contributed by atoms with Crippen molar-refractivity contribution in [3.05, 3.63) is 66.2 Å². The molecule has 11 nitrogen and oxygen atoms in total. The normalized spacial score (nSPS) is 24.9. The summed E-state index contributed by atoms with van der Waals surface area (Å²) in [5.74, 6) is 2.37. The lowest BCUT2D eigenvalue weighted by atomic mass is 9.87. The maximum atomic E-state index is 9.80. The summed E-state index contributed by atoms with van der Waals surface area (Å²) >= 11 is 0. The monoisotopic (exact) mass is 591 g/mol. The first kappa shape index (κ1) is 27.3. The van der Waals surface area contributed by atoms with Crippen molar-refractivity contribution >= 4 is 11.3 Å². The van der Waals surface area contributed by atoms with Gasteiger partial charge in [-0.15, -0.1) is 0 Å². The molecule has 0 aliphatic carbocycles. The molecule has 11 heteroatoms. The summed E-state index contributed by atoms with van der Waals surface area (Å²) in [6.45, 7) is 6.55. The largest absolute Gasteiger partial charge is 0.491 e. The predicted octanol–water partition coefficient (Wildman–Crippen LogP) is 2.90. The van der Waals surface area contributed by atoms with E-state index in [1.165, 1.54) is 18.4 Å². The molecule has 4 bridgehead atoms. The van der Waals surface area contributed by atoms with E-state index in [0.29, 0.717) is 42.2 Å². The molecule has 0 aromatic carbocycles. The van der Waals surface area contributed by atoms with Crippen LogP contribution in [0, 0.1) is 11.3 Å². The van der Waals surface area contributed by atoms with Crippen LogP contribution in [-0.4, -0.2) is 112 Å². The van der Waals surface area contributed by atoms with Crippen LogP contribution >= 0.6 is 0 Å². The molecule has 10 rings (SSSR count). The van der Waals surface area contributed by atoms with Crippen LogP contribution in [0.1, 0.15) is 24.0 Å². The van der Waals surface area contributed by atoms with E-state index in [0.717, 1.165) is 67.5 Å². The first-order chi connectivity index (χ1) is 21.6. The van der Waals surface area contributed by atoms with Crippen LogP contribution in [0.4, 0.5) is 5.82 Å². The first-order valence-electron chi connectivity index (χ1n) is 15.5. The predicted molar refractivity (Wildman–Crippen MR) is 166 cm³/mol. The van der Waals surface area contributed by atoms with Crippen LogP contribution in [0.15, 0.2) is 55.1 Å². The standard InChI is InChI=1S/C33H37N9O2/c1-38-25-9-26(38)18-39(17-25)7-8-44-29-11-30(33-24(12-34)15-37-42(33)21-29)23-4-5-31(35-14-23)40-19-27-10-28(20-40)41(27)16-22-3-6-32(43-2)36-13-22/h3-6,11,13-15,21,25-28H,7-10,16-20H2,1-2H3. The maximum Gasteiger partial charge on any atom is 0.212 e. The fourth-order valence-electron chi connectivity index (χ4n) is 7.54. The zero-order valence-electron chi connectivity index (χ0n) is 25.2. The number of piperidine rings is 2. The second-order valence-corrected chi connectivity index (χ2v) is 12.6. The van der Waals surface area contributed by atoms with Crippen molar-refractivity contribution in [2.75, 3.05) is 58.4 Å². The summed E-state index contributed by atoms with van der Waals surface area (Å²) in [6, 6.07) is 14.9. The molecular formula is C33H37N9O2. The molecule has 0 amide bonds. The van der Waals surface area contributed by atoms with Gasteiger partial charge in [0.2, 0.25) is 5.88 Å². The minimum Gasteiger partial charge on any atom is -0.491 e. The third-order valence-electron chi connectivity index (χ3n) is 10.1. The number of rotatable bonds is 9. The number of likely N-dealkylation sites (N-methyl/N-ethyl adjacent to an activating group) is 1. The quantitative estimate of drug-likeness (QED) is 0.289. The van der Waals surface area contributed by atoms with Gasteiger partial charge in [-0.2, -0.15) is 10.4 Å². The summed E-state index contributed by atoms with van der Waals surface area (Å²) in [6.07, 6.45) is 9.86. The SMILES string of the molecule is COc1ccc(CN2C3CC2CN(c2ccc(-c4cc(OCCN5CC6CC(C5)N6C)cn5ncc(C#N)c45)cn2)C3)cn1. The Morgan fingerprint density at radius 1 is 0.955 bits per heavy atom. The zero-order chi connectivity index (χ0) is 29.8. The molecule has 4 aromatic rings. The van der Waals surface area contributed by atoms with Crippen LogP contribution < -0.4 is 14.4 Å². The number of pyridine rings is 3. The highest BCUT2D eigenvalue weighted by Gasteiger charge is 2.45. The van der Waals surface area contributed by atoms with E-state index < -0.39 is 0 Å². The van der Waals surface area contributed by atoms with Crippen molar-refractivity contribution in [2.45, 2.75) is 43.6 Å². The number of nitrogens with zero attached hydrogens (tertiary/aromatic N) is 9. The number of aromatic nitrogens is 4. The number of fused-ring (bicyclic) bond motifs is 5. The third-order valence-corrected chi connectivity index (χ3v) is 10.1. The van der Waals surface area contributed by atoms with Crippen molar-refractivity contribution in [3.63, 3.8) is 0 Å². The number of ether oxygens (including phenoxy) is 2. The van der Waals surface area contributed by atoms with Crippen molar-refractivity contribution in [3.8, 4) is 28.8 Å². The van der Waals surface area contributed by atoms with E-state index in [2.05, 4.69) is 61.0 Å². The number of hydrogen-bond donors (Lipinski definition) is 0. The topological polar surface area (TPSA) is 98.3 Å². The Morgan fingerprint density at radius 3 is 2.45 bits per heavy atom. The Balaban J connectivity index is 0.950. The van der Waals surface area contributed by atoms with Gasteiger partial charge in [0.15, 0.2) is 0 Å². The van der Waals surface area contributed by atoms with Gasteiger partial charge in [-0.1, -0.05) is 6.07 Å². The Labute approximate surface area is 257 Å². The molecule has 6 aliphatic rings. The van der Waals surface area contributed by atoms with E-state index in [9.17, 15) is 5.26 Å². The third kappa shape index (κ3) is 4.83. The molecule has 10 heterocycles. The molecule has 0 radical (unpaired) electrons. The Hall–Kier alpha value is -4.24. The lowest BCUT2D eigenvalue weighted by Crippen LogP contribution is -2.68. The lowest BCUT2D eigenvalue weighted by Gasteiger charge is -2.56. The number of anilines is 1. The molecule has 4 unspecified atom stereocenters. The lowest BCUT2D eigenvalue weighted by molar-refractivity contribution is -0.0529. The van der Waals surface area contributed by atoms with Gasteiger partial charge in [-0.25, -0.2) is 14.5 Å². The number of nitriles is 1. The molecule has 44 heavy (non-hydrogen) atoms. The molecule has 6 saturated heterocycles. The van der Waals surface area contributed by atoms with Crippen LogP contribution in [0.25, 0.3) is 16.6 Å². The molecule has 6 fully saturated rings. The van der Waals surface area contributed by atoms with Crippen molar-refractivity contribution in [2.24, 2.45) is 0 Å². The fraction of sp³-hybridized carbons (Fsp3) is 0.455. The molecule has 0 saturated carbocycles. The Kier molecular flexibility index (Phi) is 6.85. The summed E-state index contributed by atoms with van der Waals surface area (Å²) in [5, 5.41) is 14.3. The molecule has 6 aliphatic heterocycles. The first-order valence-corrected chi connectivity index (χ1v) is 15.5. The highest BCUT2D eigenvalue weighted by atomic mass is 16.5. The number of piperazine rings is 2. The molecule has 0 spiro atoms. The molecule has 4 aromatic heterocycles. The fourth-order valence-corrected chi connectivity index (χ4v) is 7.54. The van der Waals surface area contributed by atoms with Gasteiger partial charge in [0.1, 0.15) is 24.2 Å². The highest BCUT2D eigenvalue weighted by Crippen LogP contribution is 2.37. The average molecular weight is 592 g/mol. The van der Waals surface area contributed by atoms with Crippen molar-refractivity contribution in [1.29, 1.82) is 5.26 Å². The molecule has 4 atom stereocenters. The van der Waals surface area contributed by atoms with E-state index in [1.54, 1.807) is 17.8 Å². The smallest absolute Gasteiger partial charge is 0.212 e. The van der Waals surface area contributed by atoms with Gasteiger partial charge in [-0.3, -0.25) is 14.7 Å². The summed E-state index contributed by atoms with van der Waals surface area (Å²) in [5.41, 5.74) is 4.36. The van der Waals surface area contributed by atoms with Gasteiger partial charge < -0.3 is 14.4 Å². The minimum absolute atomic E-state index is 0.507. The van der Waals surface area contributed by atoms with Crippen molar-refractivity contribution < 1.29 is 9.47 Å². The molecule has 226 valence electrons. The van der Waals surface area contributed by atoms with Gasteiger partial charge in [-0.05, 0) is 43.7 Å². The van der Waals surface area contributed by atoms with E-state index in [-0.39, 0.29) is 0 Å². The zero-order valence-corrected chi connectivity index (χ0v) is 25.2. The van der Waals surface area contributed by atoms with Crippen LogP contribution in [0.3, 0.4) is 0 Å². The maximum absolute atomic E-state index is 9.80. The van der Waals surface area contributed by atoms with Gasteiger partial charge in [0.25, 0.3) is 0 Å². The van der Waals surface area contributed by atoms with Crippen LogP contribution in [0.5, 0.6) is 11.6 Å². The van der Waals surface area contributed by atoms with Gasteiger partial charge in [0, 0.05) is 93.0 Å². The second kappa shape index (κ2) is 11.0. The average Bonchev–Trinajstić information content (AvgIpc) is 3.50. The van der Waals surface area contributed by atoms with Crippen LogP contribution in [-0.2, 0) is 6.54 Å². The van der Waals surface area contributed by atoms with E-state index >= 15 is 0 Å². The highest BCUT2D eigenvalue weighted by molar-refractivity contribution is 5.85. The number of methoxy groups -OCH3 is 1. The van der Waals surface area contributed by atoms with Crippen molar-refractivity contribution in [1.82, 2.24) is 34.3 Å². The molecular weight excluding hydrogens is 554 g/mol. The van der Waals surface area contributed by atoms with Gasteiger partial charge in [0.05, 0.1) is 30.6 Å². The van der Waals surface area contributed by atoms with E-state index in [1.807, 2.05) is 30.7 Å². The van der Waals surface area contributed by atoms with E-state index in [4.69, 9.17) is 14.5 Å². The van der Waals surface area contributed by atoms with Crippen LogP contribution in [0.2, 0.25) is 0 Å².